The molecular formula is C27H32N2O4. The molecule has 3 aromatic rings. The molecule has 33 heavy (non-hydrogen) atoms. The molecular weight excluding hydrogens is 416 g/mol. The van der Waals surface area contributed by atoms with Gasteiger partial charge in [0.1, 0.15) is 0 Å². The van der Waals surface area contributed by atoms with Gasteiger partial charge in [-0.15, -0.1) is 0 Å². The van der Waals surface area contributed by atoms with Gasteiger partial charge in [-0.25, -0.2) is 9.59 Å². The number of carboxylic acid groups (broad SMARTS) is 2. The van der Waals surface area contributed by atoms with E-state index in [1.165, 1.54) is 47.8 Å². The normalized spacial score (nSPS) is 14.6. The molecule has 1 aliphatic heterocycles. The van der Waals surface area contributed by atoms with Crippen LogP contribution in [0.3, 0.4) is 0 Å². The SMILES string of the molecule is CCN(Cc1ccccc1)C1CCN(Cc2cccc3ccccc23)CC1.O=C(O)C(=O)O. The van der Waals surface area contributed by atoms with E-state index in [1.54, 1.807) is 0 Å². The summed E-state index contributed by atoms with van der Waals surface area (Å²) in [5.41, 5.74) is 2.89. The van der Waals surface area contributed by atoms with Gasteiger partial charge in [-0.1, -0.05) is 79.7 Å². The van der Waals surface area contributed by atoms with Crippen molar-refractivity contribution in [3.8, 4) is 0 Å². The zero-order valence-corrected chi connectivity index (χ0v) is 19.1. The Balaban J connectivity index is 0.000000454. The van der Waals surface area contributed by atoms with Gasteiger partial charge in [0.2, 0.25) is 0 Å². The molecule has 1 saturated heterocycles. The highest BCUT2D eigenvalue weighted by molar-refractivity contribution is 6.27. The molecule has 3 aromatic carbocycles. The Kier molecular flexibility index (Phi) is 8.98. The summed E-state index contributed by atoms with van der Waals surface area (Å²) >= 11 is 0. The number of likely N-dealkylation sites (tertiary alicyclic amines) is 1. The summed E-state index contributed by atoms with van der Waals surface area (Å²) in [5.74, 6) is -3.65. The highest BCUT2D eigenvalue weighted by atomic mass is 16.4. The fourth-order valence-corrected chi connectivity index (χ4v) is 4.43. The highest BCUT2D eigenvalue weighted by Gasteiger charge is 2.24. The van der Waals surface area contributed by atoms with E-state index >= 15 is 0 Å². The molecule has 2 N–H and O–H groups in total. The Morgan fingerprint density at radius 2 is 1.48 bits per heavy atom. The number of hydrogen-bond donors (Lipinski definition) is 2. The van der Waals surface area contributed by atoms with Crippen molar-refractivity contribution in [2.24, 2.45) is 0 Å². The van der Waals surface area contributed by atoms with Crippen LogP contribution in [0.25, 0.3) is 10.8 Å². The fraction of sp³-hybridized carbons (Fsp3) is 0.333. The molecule has 0 aliphatic carbocycles. The van der Waals surface area contributed by atoms with Crippen LogP contribution < -0.4 is 0 Å². The Hall–Kier alpha value is -3.22. The van der Waals surface area contributed by atoms with E-state index in [0.717, 1.165) is 19.6 Å². The lowest BCUT2D eigenvalue weighted by Gasteiger charge is -2.38. The molecule has 0 amide bonds. The van der Waals surface area contributed by atoms with Crippen molar-refractivity contribution in [1.82, 2.24) is 9.80 Å². The van der Waals surface area contributed by atoms with Crippen LogP contribution in [0, 0.1) is 0 Å². The Bertz CT molecular complexity index is 1030. The molecule has 6 heteroatoms. The van der Waals surface area contributed by atoms with Crippen LogP contribution in [0.4, 0.5) is 0 Å². The van der Waals surface area contributed by atoms with E-state index in [2.05, 4.69) is 89.5 Å². The van der Waals surface area contributed by atoms with E-state index < -0.39 is 11.9 Å². The average Bonchev–Trinajstić information content (AvgIpc) is 2.84. The second kappa shape index (κ2) is 12.1. The standard InChI is InChI=1S/C25H30N2.C2H2O4/c1-2-27(19-21-9-4-3-5-10-21)24-15-17-26(18-16-24)20-23-13-8-12-22-11-6-7-14-25(22)23;3-1(4)2(5)6/h3-14,24H,2,15-20H2,1H3;(H,3,4)(H,5,6). The van der Waals surface area contributed by atoms with Crippen molar-refractivity contribution in [2.75, 3.05) is 19.6 Å². The molecule has 6 nitrogen and oxygen atoms in total. The van der Waals surface area contributed by atoms with Gasteiger partial charge >= 0.3 is 11.9 Å². The lowest BCUT2D eigenvalue weighted by atomic mass is 10.00. The van der Waals surface area contributed by atoms with E-state index in [-0.39, 0.29) is 0 Å². The van der Waals surface area contributed by atoms with Crippen molar-refractivity contribution in [1.29, 1.82) is 0 Å². The summed E-state index contributed by atoms with van der Waals surface area (Å²) in [5, 5.41) is 17.5. The molecule has 1 fully saturated rings. The van der Waals surface area contributed by atoms with Crippen molar-refractivity contribution in [3.63, 3.8) is 0 Å². The lowest BCUT2D eigenvalue weighted by Crippen LogP contribution is -2.44. The van der Waals surface area contributed by atoms with Gasteiger partial charge in [-0.2, -0.15) is 0 Å². The summed E-state index contributed by atoms with van der Waals surface area (Å²) in [7, 11) is 0. The predicted octanol–water partition coefficient (Wildman–Crippen LogP) is 4.48. The van der Waals surface area contributed by atoms with Crippen molar-refractivity contribution in [3.05, 3.63) is 83.9 Å². The van der Waals surface area contributed by atoms with Gasteiger partial charge < -0.3 is 10.2 Å². The summed E-state index contributed by atoms with van der Waals surface area (Å²) in [4.78, 5) is 23.5. The average molecular weight is 449 g/mol. The molecule has 4 rings (SSSR count). The minimum Gasteiger partial charge on any atom is -0.473 e. The first-order valence-electron chi connectivity index (χ1n) is 11.4. The molecule has 0 atom stereocenters. The number of aliphatic carboxylic acids is 2. The minimum atomic E-state index is -1.82. The number of nitrogens with zero attached hydrogens (tertiary/aromatic N) is 2. The largest absolute Gasteiger partial charge is 0.473 e. The second-order valence-corrected chi connectivity index (χ2v) is 8.30. The predicted molar refractivity (Wildman–Crippen MR) is 130 cm³/mol. The number of carbonyl (C=O) groups is 2. The molecule has 0 saturated carbocycles. The van der Waals surface area contributed by atoms with E-state index in [9.17, 15) is 0 Å². The van der Waals surface area contributed by atoms with E-state index in [0.29, 0.717) is 6.04 Å². The highest BCUT2D eigenvalue weighted by Crippen LogP contribution is 2.24. The van der Waals surface area contributed by atoms with Crippen LogP contribution >= 0.6 is 0 Å². The first-order chi connectivity index (χ1) is 16.0. The van der Waals surface area contributed by atoms with Gasteiger partial charge in [0.05, 0.1) is 0 Å². The number of piperidine rings is 1. The van der Waals surface area contributed by atoms with Gasteiger partial charge in [-0.3, -0.25) is 9.80 Å². The third kappa shape index (κ3) is 7.14. The summed E-state index contributed by atoms with van der Waals surface area (Å²) in [6.45, 7) is 7.96. The first kappa shape index (κ1) is 24.4. The zero-order chi connectivity index (χ0) is 23.6. The maximum absolute atomic E-state index is 9.10. The van der Waals surface area contributed by atoms with Gasteiger partial charge in [0.15, 0.2) is 0 Å². The Labute approximate surface area is 195 Å². The van der Waals surface area contributed by atoms with Crippen LogP contribution in [0.5, 0.6) is 0 Å². The van der Waals surface area contributed by atoms with Gasteiger partial charge in [0, 0.05) is 19.1 Å². The summed E-state index contributed by atoms with van der Waals surface area (Å²) in [6.07, 6.45) is 2.54. The van der Waals surface area contributed by atoms with Crippen LogP contribution in [0.1, 0.15) is 30.9 Å². The van der Waals surface area contributed by atoms with Crippen LogP contribution in [-0.4, -0.2) is 57.6 Å². The third-order valence-corrected chi connectivity index (χ3v) is 6.17. The van der Waals surface area contributed by atoms with Crippen molar-refractivity contribution < 1.29 is 19.8 Å². The molecule has 1 aliphatic rings. The number of rotatable bonds is 6. The number of hydrogen-bond acceptors (Lipinski definition) is 4. The Morgan fingerprint density at radius 1 is 0.879 bits per heavy atom. The first-order valence-corrected chi connectivity index (χ1v) is 11.4. The summed E-state index contributed by atoms with van der Waals surface area (Å²) in [6, 6.07) is 27.1. The Morgan fingerprint density at radius 3 is 2.12 bits per heavy atom. The minimum absolute atomic E-state index is 0.707. The number of benzene rings is 3. The molecule has 0 unspecified atom stereocenters. The maximum Gasteiger partial charge on any atom is 0.414 e. The van der Waals surface area contributed by atoms with Crippen LogP contribution in [0.15, 0.2) is 72.8 Å². The fourth-order valence-electron chi connectivity index (χ4n) is 4.43. The van der Waals surface area contributed by atoms with Gasteiger partial charge in [0.25, 0.3) is 0 Å². The number of fused-ring (bicyclic) bond motifs is 1. The molecule has 0 spiro atoms. The molecule has 0 radical (unpaired) electrons. The monoisotopic (exact) mass is 448 g/mol. The molecule has 0 aromatic heterocycles. The number of carboxylic acids is 2. The third-order valence-electron chi connectivity index (χ3n) is 6.17. The zero-order valence-electron chi connectivity index (χ0n) is 19.1. The van der Waals surface area contributed by atoms with Crippen molar-refractivity contribution >= 4 is 22.7 Å². The smallest absolute Gasteiger partial charge is 0.414 e. The van der Waals surface area contributed by atoms with Crippen LogP contribution in [-0.2, 0) is 22.7 Å². The lowest BCUT2D eigenvalue weighted by molar-refractivity contribution is -0.159. The van der Waals surface area contributed by atoms with Crippen molar-refractivity contribution in [2.45, 2.75) is 38.9 Å². The summed E-state index contributed by atoms with van der Waals surface area (Å²) < 4.78 is 0. The topological polar surface area (TPSA) is 81.1 Å². The van der Waals surface area contributed by atoms with E-state index in [1.807, 2.05) is 0 Å². The maximum atomic E-state index is 9.10. The van der Waals surface area contributed by atoms with Gasteiger partial charge in [-0.05, 0) is 54.4 Å². The van der Waals surface area contributed by atoms with E-state index in [4.69, 9.17) is 19.8 Å². The molecule has 1 heterocycles. The second-order valence-electron chi connectivity index (χ2n) is 8.30. The van der Waals surface area contributed by atoms with Crippen LogP contribution in [0.2, 0.25) is 0 Å². The molecule has 0 bridgehead atoms. The quantitative estimate of drug-likeness (QED) is 0.541. The molecule has 174 valence electrons.